The number of amides is 2. The Balaban J connectivity index is 2.03. The zero-order chi connectivity index (χ0) is 28.7. The minimum atomic E-state index is -4.11. The predicted octanol–water partition coefficient (Wildman–Crippen LogP) is 5.34. The summed E-state index contributed by atoms with van der Waals surface area (Å²) >= 11 is 6.40. The molecule has 208 valence electrons. The number of nitrogens with zero attached hydrogens (tertiary/aromatic N) is 2. The second kappa shape index (κ2) is 13.1. The Morgan fingerprint density at radius 1 is 0.897 bits per heavy atom. The van der Waals surface area contributed by atoms with E-state index < -0.39 is 28.5 Å². The van der Waals surface area contributed by atoms with Crippen molar-refractivity contribution in [3.8, 4) is 0 Å². The van der Waals surface area contributed by atoms with Crippen molar-refractivity contribution in [2.75, 3.05) is 17.4 Å². The van der Waals surface area contributed by atoms with Crippen LogP contribution in [0.25, 0.3) is 0 Å². The first-order valence-electron chi connectivity index (χ1n) is 12.9. The molecule has 0 radical (unpaired) electrons. The summed E-state index contributed by atoms with van der Waals surface area (Å²) in [5.41, 5.74) is 2.65. The Bertz CT molecular complexity index is 1410. The van der Waals surface area contributed by atoms with Gasteiger partial charge in [0.05, 0.1) is 10.6 Å². The largest absolute Gasteiger partial charge is 0.354 e. The Hall–Kier alpha value is -3.36. The molecule has 0 fully saturated rings. The van der Waals surface area contributed by atoms with Gasteiger partial charge in [-0.25, -0.2) is 8.42 Å². The average Bonchev–Trinajstić information content (AvgIpc) is 2.90. The molecular formula is C30H36ClN3O4S. The SMILES string of the molecule is Cc1ccc(S(=O)(=O)N(CC(=O)N(Cc2ccccc2Cl)C(C)C(=O)NCC(C)C)c2ccccc2C)cc1. The first kappa shape index (κ1) is 30.2. The number of rotatable bonds is 11. The van der Waals surface area contributed by atoms with E-state index in [4.69, 9.17) is 11.6 Å². The van der Waals surface area contributed by atoms with E-state index >= 15 is 0 Å². The molecule has 3 aromatic rings. The molecule has 0 aliphatic carbocycles. The number of para-hydroxylation sites is 1. The fourth-order valence-corrected chi connectivity index (χ4v) is 5.71. The van der Waals surface area contributed by atoms with Gasteiger partial charge in [0.25, 0.3) is 10.0 Å². The Morgan fingerprint density at radius 3 is 2.13 bits per heavy atom. The lowest BCUT2D eigenvalue weighted by molar-refractivity contribution is -0.139. The van der Waals surface area contributed by atoms with Crippen LogP contribution in [-0.2, 0) is 26.2 Å². The first-order chi connectivity index (χ1) is 18.4. The lowest BCUT2D eigenvalue weighted by Gasteiger charge is -2.32. The number of halogens is 1. The maximum absolute atomic E-state index is 14.0. The summed E-state index contributed by atoms with van der Waals surface area (Å²) in [6.07, 6.45) is 0. The van der Waals surface area contributed by atoms with Crippen molar-refractivity contribution in [3.63, 3.8) is 0 Å². The van der Waals surface area contributed by atoms with Crippen molar-refractivity contribution in [3.05, 3.63) is 94.5 Å². The predicted molar refractivity (Wildman–Crippen MR) is 156 cm³/mol. The highest BCUT2D eigenvalue weighted by Crippen LogP contribution is 2.28. The van der Waals surface area contributed by atoms with Crippen LogP contribution in [0.15, 0.2) is 77.7 Å². The Morgan fingerprint density at radius 2 is 1.51 bits per heavy atom. The number of hydrogen-bond donors (Lipinski definition) is 1. The molecule has 7 nitrogen and oxygen atoms in total. The molecule has 1 atom stereocenters. The first-order valence-corrected chi connectivity index (χ1v) is 14.7. The van der Waals surface area contributed by atoms with Crippen molar-refractivity contribution in [1.82, 2.24) is 10.2 Å². The van der Waals surface area contributed by atoms with E-state index in [0.717, 1.165) is 9.87 Å². The monoisotopic (exact) mass is 569 g/mol. The number of carbonyl (C=O) groups is 2. The summed E-state index contributed by atoms with van der Waals surface area (Å²) in [5, 5.41) is 3.33. The van der Waals surface area contributed by atoms with Gasteiger partial charge in [0, 0.05) is 18.1 Å². The molecular weight excluding hydrogens is 534 g/mol. The quantitative estimate of drug-likeness (QED) is 0.338. The van der Waals surface area contributed by atoms with Crippen LogP contribution in [0.2, 0.25) is 5.02 Å². The highest BCUT2D eigenvalue weighted by atomic mass is 35.5. The van der Waals surface area contributed by atoms with Gasteiger partial charge in [0.1, 0.15) is 12.6 Å². The number of anilines is 1. The van der Waals surface area contributed by atoms with Gasteiger partial charge in [-0.05, 0) is 62.1 Å². The fourth-order valence-electron chi connectivity index (χ4n) is 4.04. The molecule has 0 bridgehead atoms. The second-order valence-electron chi connectivity index (χ2n) is 10.0. The molecule has 0 spiro atoms. The zero-order valence-electron chi connectivity index (χ0n) is 23.0. The van der Waals surface area contributed by atoms with Gasteiger partial charge in [-0.15, -0.1) is 0 Å². The smallest absolute Gasteiger partial charge is 0.264 e. The lowest BCUT2D eigenvalue weighted by atomic mass is 10.1. The number of sulfonamides is 1. The summed E-state index contributed by atoms with van der Waals surface area (Å²) in [7, 11) is -4.11. The number of benzene rings is 3. The van der Waals surface area contributed by atoms with E-state index in [1.807, 2.05) is 26.8 Å². The van der Waals surface area contributed by atoms with Crippen molar-refractivity contribution in [2.24, 2.45) is 5.92 Å². The van der Waals surface area contributed by atoms with Crippen molar-refractivity contribution in [2.45, 2.75) is 52.1 Å². The second-order valence-corrected chi connectivity index (χ2v) is 12.3. The highest BCUT2D eigenvalue weighted by molar-refractivity contribution is 7.92. The van der Waals surface area contributed by atoms with Gasteiger partial charge >= 0.3 is 0 Å². The van der Waals surface area contributed by atoms with Gasteiger partial charge in [-0.3, -0.25) is 13.9 Å². The van der Waals surface area contributed by atoms with Gasteiger partial charge < -0.3 is 10.2 Å². The van der Waals surface area contributed by atoms with E-state index in [-0.39, 0.29) is 23.3 Å². The molecule has 0 aromatic heterocycles. The summed E-state index contributed by atoms with van der Waals surface area (Å²) in [6, 6.07) is 19.7. The molecule has 1 unspecified atom stereocenters. The van der Waals surface area contributed by atoms with Crippen LogP contribution < -0.4 is 9.62 Å². The lowest BCUT2D eigenvalue weighted by Crippen LogP contribution is -2.51. The minimum Gasteiger partial charge on any atom is -0.354 e. The summed E-state index contributed by atoms with van der Waals surface area (Å²) in [6.45, 7) is 9.26. The molecule has 0 heterocycles. The summed E-state index contributed by atoms with van der Waals surface area (Å²) in [4.78, 5) is 28.5. The molecule has 3 rings (SSSR count). The van der Waals surface area contributed by atoms with E-state index in [1.54, 1.807) is 68.4 Å². The molecule has 2 amide bonds. The van der Waals surface area contributed by atoms with Crippen molar-refractivity contribution in [1.29, 1.82) is 0 Å². The van der Waals surface area contributed by atoms with Gasteiger partial charge in [0.15, 0.2) is 0 Å². The number of nitrogens with one attached hydrogen (secondary N) is 1. The third-order valence-electron chi connectivity index (χ3n) is 6.42. The fraction of sp³-hybridized carbons (Fsp3) is 0.333. The maximum Gasteiger partial charge on any atom is 0.264 e. The minimum absolute atomic E-state index is 0.0426. The maximum atomic E-state index is 14.0. The Kier molecular flexibility index (Phi) is 10.2. The molecule has 39 heavy (non-hydrogen) atoms. The molecule has 3 aromatic carbocycles. The molecule has 0 aliphatic heterocycles. The van der Waals surface area contributed by atoms with Crippen LogP contribution in [0.4, 0.5) is 5.69 Å². The highest BCUT2D eigenvalue weighted by Gasteiger charge is 2.33. The molecule has 0 saturated heterocycles. The Labute approximate surface area is 236 Å². The van der Waals surface area contributed by atoms with E-state index in [2.05, 4.69) is 5.32 Å². The van der Waals surface area contributed by atoms with Gasteiger partial charge in [0.2, 0.25) is 11.8 Å². The number of carbonyl (C=O) groups excluding carboxylic acids is 2. The normalized spacial score (nSPS) is 12.2. The standard InChI is InChI=1S/C30H36ClN3O4S/c1-21(2)18-32-30(36)24(5)33(19-25-11-7-8-12-27(25)31)29(35)20-34(28-13-9-6-10-23(28)4)39(37,38)26-16-14-22(3)15-17-26/h6-17,21,24H,18-20H2,1-5H3,(H,32,36). The van der Waals surface area contributed by atoms with E-state index in [9.17, 15) is 18.0 Å². The van der Waals surface area contributed by atoms with Crippen LogP contribution in [0.5, 0.6) is 0 Å². The van der Waals surface area contributed by atoms with Gasteiger partial charge in [-0.2, -0.15) is 0 Å². The van der Waals surface area contributed by atoms with Crippen LogP contribution in [0.3, 0.4) is 0 Å². The van der Waals surface area contributed by atoms with Crippen molar-refractivity contribution >= 4 is 39.1 Å². The number of aryl methyl sites for hydroxylation is 2. The number of hydrogen-bond acceptors (Lipinski definition) is 4. The average molecular weight is 570 g/mol. The molecule has 9 heteroatoms. The van der Waals surface area contributed by atoms with Crippen LogP contribution in [-0.4, -0.2) is 44.3 Å². The molecule has 0 saturated carbocycles. The van der Waals surface area contributed by atoms with Gasteiger partial charge in [-0.1, -0.05) is 79.5 Å². The molecule has 0 aliphatic rings. The third kappa shape index (κ3) is 7.61. The van der Waals surface area contributed by atoms with Crippen LogP contribution in [0, 0.1) is 19.8 Å². The zero-order valence-corrected chi connectivity index (χ0v) is 24.6. The van der Waals surface area contributed by atoms with E-state index in [1.165, 1.54) is 17.0 Å². The molecule has 1 N–H and O–H groups in total. The third-order valence-corrected chi connectivity index (χ3v) is 8.57. The van der Waals surface area contributed by atoms with E-state index in [0.29, 0.717) is 28.4 Å². The topological polar surface area (TPSA) is 86.8 Å². The summed E-state index contributed by atoms with van der Waals surface area (Å²) in [5.74, 6) is -0.626. The van der Waals surface area contributed by atoms with Crippen LogP contribution in [0.1, 0.15) is 37.5 Å². The van der Waals surface area contributed by atoms with Crippen LogP contribution >= 0.6 is 11.6 Å². The summed E-state index contributed by atoms with van der Waals surface area (Å²) < 4.78 is 28.9. The van der Waals surface area contributed by atoms with Crippen molar-refractivity contribution < 1.29 is 18.0 Å².